The van der Waals surface area contributed by atoms with Gasteiger partial charge in [-0.25, -0.2) is 4.98 Å². The zero-order valence-corrected chi connectivity index (χ0v) is 19.6. The topological polar surface area (TPSA) is 109 Å². The number of hydrogen-bond donors (Lipinski definition) is 2. The molecule has 1 saturated heterocycles. The first-order valence-electron chi connectivity index (χ1n) is 11.1. The normalized spacial score (nSPS) is 16.2. The van der Waals surface area contributed by atoms with Crippen molar-refractivity contribution in [3.05, 3.63) is 52.6 Å². The summed E-state index contributed by atoms with van der Waals surface area (Å²) >= 11 is 1.27. The first-order chi connectivity index (χ1) is 15.9. The highest BCUT2D eigenvalue weighted by Gasteiger charge is 2.28. The third-order valence-electron chi connectivity index (χ3n) is 5.51. The van der Waals surface area contributed by atoms with E-state index in [0.717, 1.165) is 24.9 Å². The Morgan fingerprint density at radius 1 is 1.24 bits per heavy atom. The molecule has 1 atom stereocenters. The molecule has 9 nitrogen and oxygen atoms in total. The maximum atomic E-state index is 13.0. The lowest BCUT2D eigenvalue weighted by Crippen LogP contribution is -2.44. The molecule has 3 heterocycles. The monoisotopic (exact) mass is 468 g/mol. The number of piperidine rings is 1. The van der Waals surface area contributed by atoms with Crippen LogP contribution in [-0.4, -0.2) is 45.5 Å². The quantitative estimate of drug-likeness (QED) is 0.548. The van der Waals surface area contributed by atoms with Gasteiger partial charge in [0.1, 0.15) is 17.6 Å². The number of anilines is 1. The fourth-order valence-corrected chi connectivity index (χ4v) is 4.86. The highest BCUT2D eigenvalue weighted by molar-refractivity contribution is 7.22. The number of nitrogens with zero attached hydrogens (tertiary/aromatic N) is 4. The van der Waals surface area contributed by atoms with Crippen LogP contribution in [0.15, 0.2) is 41.5 Å². The number of aromatic nitrogens is 3. The van der Waals surface area contributed by atoms with Crippen molar-refractivity contribution >= 4 is 38.6 Å². The molecule has 0 aliphatic carbocycles. The Kier molecular flexibility index (Phi) is 7.02. The minimum Gasteiger partial charge on any atom is -0.354 e. The molecule has 2 amide bonds. The van der Waals surface area contributed by atoms with Gasteiger partial charge in [-0.15, -0.1) is 0 Å². The van der Waals surface area contributed by atoms with Gasteiger partial charge in [-0.05, 0) is 32.3 Å². The van der Waals surface area contributed by atoms with Gasteiger partial charge in [-0.2, -0.15) is 4.98 Å². The van der Waals surface area contributed by atoms with Crippen LogP contribution in [0.2, 0.25) is 0 Å². The number of benzene rings is 1. The van der Waals surface area contributed by atoms with Gasteiger partial charge < -0.3 is 15.5 Å². The fourth-order valence-electron chi connectivity index (χ4n) is 3.86. The molecule has 1 aliphatic heterocycles. The second kappa shape index (κ2) is 10.1. The van der Waals surface area contributed by atoms with Crippen LogP contribution in [0.1, 0.15) is 32.3 Å². The minimum atomic E-state index is -0.287. The van der Waals surface area contributed by atoms with E-state index < -0.39 is 0 Å². The van der Waals surface area contributed by atoms with Gasteiger partial charge in [0.2, 0.25) is 11.8 Å². The molecular weight excluding hydrogens is 440 g/mol. The number of hydrogen-bond acceptors (Lipinski definition) is 7. The van der Waals surface area contributed by atoms with Crippen LogP contribution in [0.3, 0.4) is 0 Å². The van der Waals surface area contributed by atoms with Crippen molar-refractivity contribution in [1.82, 2.24) is 25.2 Å². The van der Waals surface area contributed by atoms with Crippen LogP contribution >= 0.6 is 11.3 Å². The smallest absolute Gasteiger partial charge is 0.273 e. The van der Waals surface area contributed by atoms with Crippen molar-refractivity contribution in [2.24, 2.45) is 5.92 Å². The van der Waals surface area contributed by atoms with E-state index >= 15 is 0 Å². The van der Waals surface area contributed by atoms with Crippen molar-refractivity contribution in [3.8, 4) is 0 Å². The van der Waals surface area contributed by atoms with Gasteiger partial charge in [-0.1, -0.05) is 41.7 Å². The molecule has 0 spiro atoms. The maximum Gasteiger partial charge on any atom is 0.273 e. The summed E-state index contributed by atoms with van der Waals surface area (Å²) in [5, 5.41) is 6.49. The molecule has 10 heteroatoms. The Labute approximate surface area is 195 Å². The van der Waals surface area contributed by atoms with Crippen molar-refractivity contribution in [2.45, 2.75) is 45.8 Å². The largest absolute Gasteiger partial charge is 0.354 e. The molecule has 1 aromatic carbocycles. The van der Waals surface area contributed by atoms with Crippen LogP contribution in [0.25, 0.3) is 10.3 Å². The molecule has 0 saturated carbocycles. The number of thiazole rings is 1. The maximum absolute atomic E-state index is 13.0. The lowest BCUT2D eigenvalue weighted by Gasteiger charge is -2.32. The highest BCUT2D eigenvalue weighted by atomic mass is 32.1. The Morgan fingerprint density at radius 3 is 2.79 bits per heavy atom. The average molecular weight is 469 g/mol. The molecule has 0 bridgehead atoms. The summed E-state index contributed by atoms with van der Waals surface area (Å²) < 4.78 is 1.72. The summed E-state index contributed by atoms with van der Waals surface area (Å²) in [6.45, 7) is 5.53. The minimum absolute atomic E-state index is 0.0535. The summed E-state index contributed by atoms with van der Waals surface area (Å²) in [6.07, 6.45) is 3.08. The van der Waals surface area contributed by atoms with E-state index in [4.69, 9.17) is 0 Å². The number of carbonyl (C=O) groups excluding carboxylic acids is 2. The Hall–Kier alpha value is -3.27. The number of nitrogens with one attached hydrogen (secondary N) is 2. The first kappa shape index (κ1) is 22.9. The van der Waals surface area contributed by atoms with E-state index in [0.29, 0.717) is 28.6 Å². The first-order valence-corrected chi connectivity index (χ1v) is 11.9. The Bertz CT molecular complexity index is 1190. The van der Waals surface area contributed by atoms with Gasteiger partial charge >= 0.3 is 0 Å². The molecule has 2 N–H and O–H groups in total. The zero-order valence-electron chi connectivity index (χ0n) is 18.8. The van der Waals surface area contributed by atoms with E-state index in [1.54, 1.807) is 0 Å². The van der Waals surface area contributed by atoms with Gasteiger partial charge in [0.05, 0.1) is 5.92 Å². The Morgan fingerprint density at radius 2 is 2.03 bits per heavy atom. The SMILES string of the molecule is CC(C)NC(=O)[C@H]1CCCN(c2nc3ncn(CC(=O)NCc4ccccc4)c(=O)c3s2)C1. The third-order valence-corrected chi connectivity index (χ3v) is 6.61. The van der Waals surface area contributed by atoms with E-state index in [1.165, 1.54) is 22.2 Å². The zero-order chi connectivity index (χ0) is 23.4. The highest BCUT2D eigenvalue weighted by Crippen LogP contribution is 2.29. The Balaban J connectivity index is 1.45. The molecule has 1 fully saturated rings. The number of fused-ring (bicyclic) bond motifs is 1. The summed E-state index contributed by atoms with van der Waals surface area (Å²) in [5.41, 5.74) is 1.07. The standard InChI is InChI=1S/C23H28N6O3S/c1-15(2)26-21(31)17-9-6-10-28(12-17)23-27-20-19(33-23)22(32)29(14-25-20)13-18(30)24-11-16-7-4-3-5-8-16/h3-5,7-8,14-15,17H,6,9-13H2,1-2H3,(H,24,30)(H,26,31)/t17-/m0/s1. The molecule has 2 aromatic heterocycles. The fraction of sp³-hybridized carbons (Fsp3) is 0.435. The summed E-state index contributed by atoms with van der Waals surface area (Å²) in [4.78, 5) is 48.6. The summed E-state index contributed by atoms with van der Waals surface area (Å²) in [5.74, 6) is -0.314. The van der Waals surface area contributed by atoms with Gasteiger partial charge in [-0.3, -0.25) is 19.0 Å². The lowest BCUT2D eigenvalue weighted by molar-refractivity contribution is -0.125. The predicted octanol–water partition coefficient (Wildman–Crippen LogP) is 1.91. The van der Waals surface area contributed by atoms with Crippen LogP contribution in [0.4, 0.5) is 5.13 Å². The molecule has 33 heavy (non-hydrogen) atoms. The van der Waals surface area contributed by atoms with Gasteiger partial charge in [0.15, 0.2) is 10.8 Å². The van der Waals surface area contributed by atoms with E-state index in [1.807, 2.05) is 44.2 Å². The third kappa shape index (κ3) is 5.57. The van der Waals surface area contributed by atoms with Gasteiger partial charge in [0, 0.05) is 25.7 Å². The van der Waals surface area contributed by atoms with Crippen LogP contribution in [-0.2, 0) is 22.7 Å². The van der Waals surface area contributed by atoms with Crippen LogP contribution in [0.5, 0.6) is 0 Å². The number of amides is 2. The van der Waals surface area contributed by atoms with E-state index in [2.05, 4.69) is 25.5 Å². The van der Waals surface area contributed by atoms with Crippen molar-refractivity contribution < 1.29 is 9.59 Å². The van der Waals surface area contributed by atoms with E-state index in [9.17, 15) is 14.4 Å². The molecule has 174 valence electrons. The molecule has 0 unspecified atom stereocenters. The number of carbonyl (C=O) groups is 2. The molecule has 3 aromatic rings. The van der Waals surface area contributed by atoms with Gasteiger partial charge in [0.25, 0.3) is 5.56 Å². The second-order valence-electron chi connectivity index (χ2n) is 8.54. The lowest BCUT2D eigenvalue weighted by atomic mass is 9.97. The van der Waals surface area contributed by atoms with Crippen molar-refractivity contribution in [3.63, 3.8) is 0 Å². The van der Waals surface area contributed by atoms with Crippen LogP contribution < -0.4 is 21.1 Å². The van der Waals surface area contributed by atoms with Crippen molar-refractivity contribution in [1.29, 1.82) is 0 Å². The predicted molar refractivity (Wildman–Crippen MR) is 128 cm³/mol. The average Bonchev–Trinajstić information content (AvgIpc) is 3.25. The van der Waals surface area contributed by atoms with Crippen LogP contribution in [0, 0.1) is 5.92 Å². The number of rotatable bonds is 7. The molecular formula is C23H28N6O3S. The molecule has 4 rings (SSSR count). The second-order valence-corrected chi connectivity index (χ2v) is 9.52. The summed E-state index contributed by atoms with van der Waals surface area (Å²) in [7, 11) is 0. The van der Waals surface area contributed by atoms with E-state index in [-0.39, 0.29) is 35.9 Å². The van der Waals surface area contributed by atoms with Crippen molar-refractivity contribution in [2.75, 3.05) is 18.0 Å². The molecule has 1 aliphatic rings. The molecule has 0 radical (unpaired) electrons. The summed E-state index contributed by atoms with van der Waals surface area (Å²) in [6, 6.07) is 9.69.